The fourth-order valence-electron chi connectivity index (χ4n) is 1.71. The first-order chi connectivity index (χ1) is 8.25. The van der Waals surface area contributed by atoms with E-state index < -0.39 is 6.23 Å². The van der Waals surface area contributed by atoms with Crippen LogP contribution >= 0.6 is 0 Å². The third kappa shape index (κ3) is 3.44. The normalized spacial score (nSPS) is 20.1. The Morgan fingerprint density at radius 1 is 1.47 bits per heavy atom. The molecule has 1 fully saturated rings. The summed E-state index contributed by atoms with van der Waals surface area (Å²) in [5, 5.41) is 12.2. The second kappa shape index (κ2) is 5.65. The fraction of sp³-hybridized carbons (Fsp3) is 0.417. The van der Waals surface area contributed by atoms with Gasteiger partial charge in [-0.15, -0.1) is 0 Å². The quantitative estimate of drug-likeness (QED) is 0.787. The first-order valence-corrected chi connectivity index (χ1v) is 5.63. The molecule has 1 unspecified atom stereocenters. The number of carbonyl (C=O) groups is 1. The predicted molar refractivity (Wildman–Crippen MR) is 62.2 cm³/mol. The molecule has 17 heavy (non-hydrogen) atoms. The number of piperazine rings is 1. The molecule has 2 rings (SSSR count). The monoisotopic (exact) mass is 236 g/mol. The molecule has 0 bridgehead atoms. The van der Waals surface area contributed by atoms with Crippen LogP contribution in [0.5, 0.6) is 0 Å². The highest BCUT2D eigenvalue weighted by Crippen LogP contribution is 2.05. The number of β-amino-alcohol motifs (C(OH)–C–C–N with tert-alkyl or cyclic N) is 1. The third-order valence-corrected chi connectivity index (χ3v) is 2.62. The second-order valence-corrected chi connectivity index (χ2v) is 3.96. The summed E-state index contributed by atoms with van der Waals surface area (Å²) in [5.41, 5.74) is 0.955. The molecule has 5 nitrogen and oxygen atoms in total. The molecule has 5 heteroatoms. The van der Waals surface area contributed by atoms with Crippen molar-refractivity contribution in [3.8, 4) is 0 Å². The molecule has 0 aromatic heterocycles. The van der Waals surface area contributed by atoms with E-state index >= 15 is 0 Å². The Bertz CT molecular complexity index is 369. The van der Waals surface area contributed by atoms with Gasteiger partial charge in [0.2, 0.25) is 0 Å². The van der Waals surface area contributed by atoms with Crippen molar-refractivity contribution < 1.29 is 14.6 Å². The highest BCUT2D eigenvalue weighted by molar-refractivity contribution is 5.67. The van der Waals surface area contributed by atoms with Crippen molar-refractivity contribution in [2.24, 2.45) is 0 Å². The maximum Gasteiger partial charge on any atom is 0.410 e. The zero-order valence-electron chi connectivity index (χ0n) is 9.50. The largest absolute Gasteiger partial charge is 0.445 e. The maximum atomic E-state index is 11.7. The summed E-state index contributed by atoms with van der Waals surface area (Å²) in [6, 6.07) is 9.52. The molecular weight excluding hydrogens is 220 g/mol. The predicted octanol–water partition coefficient (Wildman–Crippen LogP) is 0.547. The highest BCUT2D eigenvalue weighted by atomic mass is 16.6. The SMILES string of the molecule is O=C(OCc1ccccc1)N1CCNC(O)C1. The lowest BCUT2D eigenvalue weighted by Gasteiger charge is -2.30. The Hall–Kier alpha value is -1.59. The summed E-state index contributed by atoms with van der Waals surface area (Å²) in [4.78, 5) is 13.2. The number of amides is 1. The van der Waals surface area contributed by atoms with Crippen LogP contribution in [0.1, 0.15) is 5.56 Å². The van der Waals surface area contributed by atoms with Crippen LogP contribution in [0.25, 0.3) is 0 Å². The van der Waals surface area contributed by atoms with E-state index in [1.165, 1.54) is 4.90 Å². The van der Waals surface area contributed by atoms with Crippen molar-refractivity contribution >= 4 is 6.09 Å². The van der Waals surface area contributed by atoms with Gasteiger partial charge in [0.15, 0.2) is 0 Å². The Morgan fingerprint density at radius 2 is 2.24 bits per heavy atom. The molecule has 1 saturated heterocycles. The average molecular weight is 236 g/mol. The van der Waals surface area contributed by atoms with Crippen LogP contribution in [-0.2, 0) is 11.3 Å². The zero-order valence-corrected chi connectivity index (χ0v) is 9.50. The molecule has 1 atom stereocenters. The van der Waals surface area contributed by atoms with Crippen molar-refractivity contribution in [2.75, 3.05) is 19.6 Å². The van der Waals surface area contributed by atoms with Crippen LogP contribution in [0.3, 0.4) is 0 Å². The van der Waals surface area contributed by atoms with Crippen molar-refractivity contribution in [3.63, 3.8) is 0 Å². The van der Waals surface area contributed by atoms with E-state index in [-0.39, 0.29) is 19.2 Å². The van der Waals surface area contributed by atoms with Gasteiger partial charge < -0.3 is 14.7 Å². The first-order valence-electron chi connectivity index (χ1n) is 5.63. The summed E-state index contributed by atoms with van der Waals surface area (Å²) in [7, 11) is 0. The highest BCUT2D eigenvalue weighted by Gasteiger charge is 2.22. The van der Waals surface area contributed by atoms with Crippen LogP contribution in [0, 0.1) is 0 Å². The van der Waals surface area contributed by atoms with Crippen molar-refractivity contribution in [1.82, 2.24) is 10.2 Å². The van der Waals surface area contributed by atoms with E-state index in [1.54, 1.807) is 0 Å². The standard InChI is InChI=1S/C12H16N2O3/c15-11-8-14(7-6-13-11)12(16)17-9-10-4-2-1-3-5-10/h1-5,11,13,15H,6-9H2. The Labute approximate surface area is 100.0 Å². The van der Waals surface area contributed by atoms with E-state index in [9.17, 15) is 9.90 Å². The van der Waals surface area contributed by atoms with Gasteiger partial charge in [-0.05, 0) is 5.56 Å². The van der Waals surface area contributed by atoms with Crippen LogP contribution in [0.2, 0.25) is 0 Å². The summed E-state index contributed by atoms with van der Waals surface area (Å²) < 4.78 is 5.16. The van der Waals surface area contributed by atoms with Gasteiger partial charge in [-0.25, -0.2) is 4.79 Å². The number of rotatable bonds is 2. The Morgan fingerprint density at radius 3 is 2.94 bits per heavy atom. The number of aliphatic hydroxyl groups excluding tert-OH is 1. The van der Waals surface area contributed by atoms with Gasteiger partial charge in [0.1, 0.15) is 12.8 Å². The van der Waals surface area contributed by atoms with Gasteiger partial charge in [-0.1, -0.05) is 30.3 Å². The van der Waals surface area contributed by atoms with Gasteiger partial charge in [0.25, 0.3) is 0 Å². The number of nitrogens with one attached hydrogen (secondary N) is 1. The Balaban J connectivity index is 1.81. The van der Waals surface area contributed by atoms with Crippen LogP contribution < -0.4 is 5.32 Å². The zero-order chi connectivity index (χ0) is 12.1. The molecule has 1 aromatic rings. The van der Waals surface area contributed by atoms with E-state index in [2.05, 4.69) is 5.32 Å². The molecule has 2 N–H and O–H groups in total. The number of carbonyl (C=O) groups excluding carboxylic acids is 1. The van der Waals surface area contributed by atoms with E-state index in [0.29, 0.717) is 13.1 Å². The topological polar surface area (TPSA) is 61.8 Å². The van der Waals surface area contributed by atoms with Crippen molar-refractivity contribution in [1.29, 1.82) is 0 Å². The van der Waals surface area contributed by atoms with Crippen LogP contribution in [-0.4, -0.2) is 42.0 Å². The lowest BCUT2D eigenvalue weighted by Crippen LogP contribution is -2.52. The van der Waals surface area contributed by atoms with Crippen LogP contribution in [0.15, 0.2) is 30.3 Å². The minimum absolute atomic E-state index is 0.264. The number of ether oxygens (including phenoxy) is 1. The number of nitrogens with zero attached hydrogens (tertiary/aromatic N) is 1. The van der Waals surface area contributed by atoms with Gasteiger partial charge >= 0.3 is 6.09 Å². The summed E-state index contributed by atoms with van der Waals surface area (Å²) >= 11 is 0. The van der Waals surface area contributed by atoms with Gasteiger partial charge in [0, 0.05) is 13.1 Å². The number of aliphatic hydroxyl groups is 1. The van der Waals surface area contributed by atoms with E-state index in [1.807, 2.05) is 30.3 Å². The summed E-state index contributed by atoms with van der Waals surface area (Å²) in [6.45, 7) is 1.68. The van der Waals surface area contributed by atoms with Gasteiger partial charge in [-0.3, -0.25) is 5.32 Å². The smallest absolute Gasteiger partial charge is 0.410 e. The fourth-order valence-corrected chi connectivity index (χ4v) is 1.71. The molecular formula is C12H16N2O3. The number of hydrogen-bond acceptors (Lipinski definition) is 4. The molecule has 1 amide bonds. The van der Waals surface area contributed by atoms with E-state index in [0.717, 1.165) is 5.56 Å². The molecule has 1 aliphatic heterocycles. The summed E-state index contributed by atoms with van der Waals surface area (Å²) in [5.74, 6) is 0. The molecule has 0 aliphatic carbocycles. The summed E-state index contributed by atoms with van der Waals surface area (Å²) in [6.07, 6.45) is -1.04. The first kappa shape index (κ1) is 11.9. The lowest BCUT2D eigenvalue weighted by molar-refractivity contribution is 0.0368. The molecule has 0 saturated carbocycles. The second-order valence-electron chi connectivity index (χ2n) is 3.96. The van der Waals surface area contributed by atoms with Gasteiger partial charge in [-0.2, -0.15) is 0 Å². The average Bonchev–Trinajstić information content (AvgIpc) is 2.37. The number of benzene rings is 1. The van der Waals surface area contributed by atoms with E-state index in [4.69, 9.17) is 4.74 Å². The molecule has 92 valence electrons. The molecule has 1 heterocycles. The van der Waals surface area contributed by atoms with Crippen molar-refractivity contribution in [3.05, 3.63) is 35.9 Å². The van der Waals surface area contributed by atoms with Gasteiger partial charge in [0.05, 0.1) is 6.54 Å². The molecule has 0 spiro atoms. The molecule has 1 aliphatic rings. The molecule has 0 radical (unpaired) electrons. The minimum Gasteiger partial charge on any atom is -0.445 e. The van der Waals surface area contributed by atoms with Crippen LogP contribution in [0.4, 0.5) is 4.79 Å². The number of hydrogen-bond donors (Lipinski definition) is 2. The third-order valence-electron chi connectivity index (χ3n) is 2.62. The minimum atomic E-state index is -0.659. The lowest BCUT2D eigenvalue weighted by atomic mass is 10.2. The maximum absolute atomic E-state index is 11.7. The van der Waals surface area contributed by atoms with Crippen molar-refractivity contribution in [2.45, 2.75) is 12.8 Å². The Kier molecular flexibility index (Phi) is 3.95. The molecule has 1 aromatic carbocycles.